The Morgan fingerprint density at radius 1 is 1.23 bits per heavy atom. The number of carboxylic acid groups (broad SMARTS) is 1. The summed E-state index contributed by atoms with van der Waals surface area (Å²) in [6, 6.07) is 7.29. The number of hydrogen-bond acceptors (Lipinski definition) is 3. The molecule has 4 heteroatoms. The lowest BCUT2D eigenvalue weighted by Crippen LogP contribution is -2.39. The van der Waals surface area contributed by atoms with Crippen LogP contribution in [0.1, 0.15) is 48.0 Å². The molecule has 1 N–H and O–H groups in total. The van der Waals surface area contributed by atoms with Gasteiger partial charge in [-0.3, -0.25) is 4.90 Å². The zero-order valence-electron chi connectivity index (χ0n) is 13.0. The minimum atomic E-state index is -0.852. The second-order valence-corrected chi connectivity index (χ2v) is 6.52. The van der Waals surface area contributed by atoms with Gasteiger partial charge in [0.05, 0.1) is 11.7 Å². The molecule has 1 atom stereocenters. The van der Waals surface area contributed by atoms with Crippen LogP contribution in [0.15, 0.2) is 24.3 Å². The summed E-state index contributed by atoms with van der Waals surface area (Å²) in [5.74, 6) is -0.142. The number of likely N-dealkylation sites (tertiary alicyclic amines) is 1. The maximum Gasteiger partial charge on any atom is 0.335 e. The van der Waals surface area contributed by atoms with Crippen LogP contribution >= 0.6 is 0 Å². The van der Waals surface area contributed by atoms with E-state index in [2.05, 4.69) is 4.90 Å². The van der Waals surface area contributed by atoms with Crippen molar-refractivity contribution in [1.29, 1.82) is 0 Å². The molecular weight excluding hydrogens is 278 g/mol. The van der Waals surface area contributed by atoms with Gasteiger partial charge >= 0.3 is 5.97 Å². The van der Waals surface area contributed by atoms with Crippen molar-refractivity contribution in [1.82, 2.24) is 4.90 Å². The fourth-order valence-electron chi connectivity index (χ4n) is 3.68. The molecule has 2 saturated heterocycles. The van der Waals surface area contributed by atoms with E-state index in [0.717, 1.165) is 31.8 Å². The smallest absolute Gasteiger partial charge is 0.335 e. The summed E-state index contributed by atoms with van der Waals surface area (Å²) in [4.78, 5) is 13.5. The topological polar surface area (TPSA) is 49.8 Å². The Kier molecular flexibility index (Phi) is 5.11. The second kappa shape index (κ2) is 7.25. The van der Waals surface area contributed by atoms with Crippen molar-refractivity contribution in [2.75, 3.05) is 19.7 Å². The molecule has 1 aromatic carbocycles. The van der Waals surface area contributed by atoms with E-state index in [4.69, 9.17) is 9.84 Å². The molecule has 4 nitrogen and oxygen atoms in total. The maximum atomic E-state index is 11.0. The van der Waals surface area contributed by atoms with Gasteiger partial charge < -0.3 is 9.84 Å². The quantitative estimate of drug-likeness (QED) is 0.928. The number of piperidine rings is 1. The predicted octanol–water partition coefficient (Wildman–Crippen LogP) is 3.17. The number of rotatable bonds is 4. The average molecular weight is 303 g/mol. The second-order valence-electron chi connectivity index (χ2n) is 6.52. The third-order valence-electron chi connectivity index (χ3n) is 4.95. The molecule has 0 radical (unpaired) electrons. The summed E-state index contributed by atoms with van der Waals surface area (Å²) in [5.41, 5.74) is 1.47. The Balaban J connectivity index is 1.51. The van der Waals surface area contributed by atoms with Crippen molar-refractivity contribution < 1.29 is 14.6 Å². The largest absolute Gasteiger partial charge is 0.478 e. The Bertz CT molecular complexity index is 503. The molecule has 0 aliphatic carbocycles. The highest BCUT2D eigenvalue weighted by atomic mass is 16.5. The van der Waals surface area contributed by atoms with Gasteiger partial charge in [-0.1, -0.05) is 12.1 Å². The number of aromatic carboxylic acids is 1. The summed E-state index contributed by atoms with van der Waals surface area (Å²) >= 11 is 0. The van der Waals surface area contributed by atoms with Gasteiger partial charge in [0, 0.05) is 13.2 Å². The maximum absolute atomic E-state index is 11.0. The van der Waals surface area contributed by atoms with Crippen LogP contribution in [0.5, 0.6) is 0 Å². The number of carbonyl (C=O) groups is 1. The van der Waals surface area contributed by atoms with Crippen LogP contribution in [0.25, 0.3) is 0 Å². The zero-order valence-corrected chi connectivity index (χ0v) is 13.0. The Labute approximate surface area is 132 Å². The Morgan fingerprint density at radius 2 is 2.05 bits per heavy atom. The molecule has 2 aliphatic heterocycles. The lowest BCUT2D eigenvalue weighted by Gasteiger charge is -2.37. The Morgan fingerprint density at radius 3 is 2.73 bits per heavy atom. The minimum absolute atomic E-state index is 0.378. The van der Waals surface area contributed by atoms with Crippen LogP contribution in [-0.2, 0) is 11.3 Å². The summed E-state index contributed by atoms with van der Waals surface area (Å²) in [6.45, 7) is 3.95. The molecule has 3 rings (SSSR count). The molecule has 0 spiro atoms. The van der Waals surface area contributed by atoms with E-state index in [1.165, 1.54) is 32.1 Å². The molecule has 0 aromatic heterocycles. The normalized spacial score (nSPS) is 24.3. The first-order valence-electron chi connectivity index (χ1n) is 8.38. The fourth-order valence-corrected chi connectivity index (χ4v) is 3.68. The van der Waals surface area contributed by atoms with Crippen molar-refractivity contribution in [3.05, 3.63) is 35.4 Å². The first-order valence-corrected chi connectivity index (χ1v) is 8.38. The molecule has 120 valence electrons. The summed E-state index contributed by atoms with van der Waals surface area (Å²) < 4.78 is 5.93. The first-order chi connectivity index (χ1) is 10.7. The van der Waals surface area contributed by atoms with E-state index in [9.17, 15) is 4.79 Å². The SMILES string of the molecule is O=C(O)c1cccc(CN2CCC(C3CCCCO3)CC2)c1. The first kappa shape index (κ1) is 15.5. The summed E-state index contributed by atoms with van der Waals surface area (Å²) in [7, 11) is 0. The molecule has 0 amide bonds. The molecular formula is C18H25NO3. The van der Waals surface area contributed by atoms with E-state index in [0.29, 0.717) is 17.6 Å². The van der Waals surface area contributed by atoms with Gasteiger partial charge in [-0.05, 0) is 68.8 Å². The molecule has 2 aliphatic rings. The van der Waals surface area contributed by atoms with Crippen molar-refractivity contribution >= 4 is 5.97 Å². The van der Waals surface area contributed by atoms with Crippen molar-refractivity contribution in [3.63, 3.8) is 0 Å². The highest BCUT2D eigenvalue weighted by Crippen LogP contribution is 2.29. The lowest BCUT2D eigenvalue weighted by atomic mass is 9.87. The van der Waals surface area contributed by atoms with Crippen LogP contribution in [-0.4, -0.2) is 41.8 Å². The lowest BCUT2D eigenvalue weighted by molar-refractivity contribution is -0.0383. The van der Waals surface area contributed by atoms with Gasteiger partial charge in [0.2, 0.25) is 0 Å². The molecule has 1 unspecified atom stereocenters. The average Bonchev–Trinajstić information content (AvgIpc) is 2.56. The van der Waals surface area contributed by atoms with Gasteiger partial charge in [0.1, 0.15) is 0 Å². The van der Waals surface area contributed by atoms with Crippen molar-refractivity contribution in [3.8, 4) is 0 Å². The molecule has 2 heterocycles. The predicted molar refractivity (Wildman–Crippen MR) is 85.0 cm³/mol. The van der Waals surface area contributed by atoms with E-state index in [1.54, 1.807) is 12.1 Å². The van der Waals surface area contributed by atoms with E-state index in [-0.39, 0.29) is 0 Å². The van der Waals surface area contributed by atoms with Gasteiger partial charge in [0.25, 0.3) is 0 Å². The van der Waals surface area contributed by atoms with Gasteiger partial charge in [-0.2, -0.15) is 0 Å². The van der Waals surface area contributed by atoms with Gasteiger partial charge in [0.15, 0.2) is 0 Å². The molecule has 2 fully saturated rings. The number of benzene rings is 1. The van der Waals surface area contributed by atoms with Crippen LogP contribution in [0.4, 0.5) is 0 Å². The zero-order chi connectivity index (χ0) is 15.4. The minimum Gasteiger partial charge on any atom is -0.478 e. The number of carboxylic acids is 1. The summed E-state index contributed by atoms with van der Waals surface area (Å²) in [5, 5.41) is 9.07. The highest BCUT2D eigenvalue weighted by molar-refractivity contribution is 5.87. The molecule has 0 bridgehead atoms. The number of hydrogen-bond donors (Lipinski definition) is 1. The molecule has 0 saturated carbocycles. The highest BCUT2D eigenvalue weighted by Gasteiger charge is 2.28. The van der Waals surface area contributed by atoms with Crippen LogP contribution in [0.3, 0.4) is 0 Å². The standard InChI is InChI=1S/C18H25NO3/c20-18(21)16-5-3-4-14(12-16)13-19-9-7-15(8-10-19)17-6-1-2-11-22-17/h3-5,12,15,17H,1-2,6-11,13H2,(H,20,21). The molecule has 22 heavy (non-hydrogen) atoms. The van der Waals surface area contributed by atoms with Crippen molar-refractivity contribution in [2.45, 2.75) is 44.8 Å². The fraction of sp³-hybridized carbons (Fsp3) is 0.611. The van der Waals surface area contributed by atoms with Gasteiger partial charge in [-0.15, -0.1) is 0 Å². The van der Waals surface area contributed by atoms with E-state index < -0.39 is 5.97 Å². The van der Waals surface area contributed by atoms with Crippen LogP contribution in [0.2, 0.25) is 0 Å². The number of ether oxygens (including phenoxy) is 1. The third-order valence-corrected chi connectivity index (χ3v) is 4.95. The van der Waals surface area contributed by atoms with Crippen LogP contribution in [0, 0.1) is 5.92 Å². The van der Waals surface area contributed by atoms with Crippen LogP contribution < -0.4 is 0 Å². The molecule has 1 aromatic rings. The van der Waals surface area contributed by atoms with E-state index >= 15 is 0 Å². The third kappa shape index (κ3) is 3.87. The Hall–Kier alpha value is -1.39. The van der Waals surface area contributed by atoms with Crippen molar-refractivity contribution in [2.24, 2.45) is 5.92 Å². The summed E-state index contributed by atoms with van der Waals surface area (Å²) in [6.07, 6.45) is 6.63. The van der Waals surface area contributed by atoms with Gasteiger partial charge in [-0.25, -0.2) is 4.79 Å². The number of nitrogens with zero attached hydrogens (tertiary/aromatic N) is 1. The van der Waals surface area contributed by atoms with E-state index in [1.807, 2.05) is 12.1 Å². The monoisotopic (exact) mass is 303 g/mol.